The van der Waals surface area contributed by atoms with Crippen LogP contribution in [-0.4, -0.2) is 42.9 Å². The van der Waals surface area contributed by atoms with Gasteiger partial charge in [0.2, 0.25) is 0 Å². The molecule has 0 saturated carbocycles. The van der Waals surface area contributed by atoms with Crippen LogP contribution in [0.1, 0.15) is 27.2 Å². The summed E-state index contributed by atoms with van der Waals surface area (Å²) < 4.78 is 10.2. The first-order chi connectivity index (χ1) is 6.42. The average Bonchev–Trinajstić information content (AvgIpc) is 2.10. The lowest BCUT2D eigenvalue weighted by Crippen LogP contribution is -2.32. The lowest BCUT2D eigenvalue weighted by atomic mass is 9.89. The highest BCUT2D eigenvalue weighted by molar-refractivity contribution is 4.69. The summed E-state index contributed by atoms with van der Waals surface area (Å²) in [6.45, 7) is 5.95. The molecule has 0 aliphatic rings. The van der Waals surface area contributed by atoms with Gasteiger partial charge in [0.05, 0.1) is 19.3 Å². The van der Waals surface area contributed by atoms with Crippen molar-refractivity contribution in [3.05, 3.63) is 0 Å². The van der Waals surface area contributed by atoms with Crippen molar-refractivity contribution in [2.75, 3.05) is 20.3 Å². The third-order valence-electron chi connectivity index (χ3n) is 1.80. The van der Waals surface area contributed by atoms with Gasteiger partial charge >= 0.3 is 0 Å². The van der Waals surface area contributed by atoms with Crippen molar-refractivity contribution in [3.8, 4) is 0 Å². The molecular weight excluding hydrogens is 184 g/mol. The molecule has 0 radical (unpaired) electrons. The Morgan fingerprint density at radius 3 is 2.00 bits per heavy atom. The van der Waals surface area contributed by atoms with Crippen molar-refractivity contribution in [2.45, 2.75) is 39.6 Å². The van der Waals surface area contributed by atoms with Crippen molar-refractivity contribution < 1.29 is 19.7 Å². The predicted molar refractivity (Wildman–Crippen MR) is 53.9 cm³/mol. The van der Waals surface area contributed by atoms with E-state index in [1.165, 1.54) is 7.11 Å². The van der Waals surface area contributed by atoms with Gasteiger partial charge in [-0.25, -0.2) is 0 Å². The number of rotatable bonds is 6. The Bertz CT molecular complexity index is 138. The molecule has 14 heavy (non-hydrogen) atoms. The summed E-state index contributed by atoms with van der Waals surface area (Å²) >= 11 is 0. The van der Waals surface area contributed by atoms with Crippen LogP contribution < -0.4 is 0 Å². The molecule has 0 aliphatic heterocycles. The van der Waals surface area contributed by atoms with E-state index in [1.54, 1.807) is 0 Å². The van der Waals surface area contributed by atoms with E-state index < -0.39 is 6.29 Å². The van der Waals surface area contributed by atoms with E-state index in [9.17, 15) is 0 Å². The Balaban J connectivity index is 4.01. The Morgan fingerprint density at radius 1 is 1.14 bits per heavy atom. The van der Waals surface area contributed by atoms with Crippen molar-refractivity contribution in [2.24, 2.45) is 5.41 Å². The van der Waals surface area contributed by atoms with Gasteiger partial charge < -0.3 is 19.7 Å². The zero-order valence-electron chi connectivity index (χ0n) is 9.49. The highest BCUT2D eigenvalue weighted by atomic mass is 16.7. The maximum absolute atomic E-state index is 9.07. The smallest absolute Gasteiger partial charge is 0.180 e. The normalized spacial score (nSPS) is 16.7. The van der Waals surface area contributed by atoms with E-state index in [0.29, 0.717) is 0 Å². The van der Waals surface area contributed by atoms with Crippen LogP contribution in [0.2, 0.25) is 0 Å². The molecule has 0 saturated heterocycles. The van der Waals surface area contributed by atoms with Crippen molar-refractivity contribution in [1.82, 2.24) is 0 Å². The van der Waals surface area contributed by atoms with Gasteiger partial charge in [-0.3, -0.25) is 0 Å². The first-order valence-corrected chi connectivity index (χ1v) is 4.83. The molecule has 86 valence electrons. The monoisotopic (exact) mass is 206 g/mol. The van der Waals surface area contributed by atoms with Crippen LogP contribution in [0.25, 0.3) is 0 Å². The van der Waals surface area contributed by atoms with Gasteiger partial charge in [0.15, 0.2) is 6.29 Å². The topological polar surface area (TPSA) is 58.9 Å². The Hall–Kier alpha value is -0.160. The summed E-state index contributed by atoms with van der Waals surface area (Å²) in [5, 5.41) is 17.9. The summed E-state index contributed by atoms with van der Waals surface area (Å²) in [5.41, 5.74) is 0.0845. The minimum absolute atomic E-state index is 0.0584. The van der Waals surface area contributed by atoms with Crippen molar-refractivity contribution in [3.63, 3.8) is 0 Å². The molecule has 4 heteroatoms. The quantitative estimate of drug-likeness (QED) is 0.630. The summed E-state index contributed by atoms with van der Waals surface area (Å²) in [4.78, 5) is 0. The predicted octanol–water partition coefficient (Wildman–Crippen LogP) is 0.765. The van der Waals surface area contributed by atoms with E-state index in [0.717, 1.165) is 6.42 Å². The van der Waals surface area contributed by atoms with Gasteiger partial charge in [-0.2, -0.15) is 0 Å². The zero-order valence-corrected chi connectivity index (χ0v) is 9.49. The molecular formula is C10H22O4. The second-order valence-corrected chi connectivity index (χ2v) is 4.55. The number of ether oxygens (including phenoxy) is 2. The van der Waals surface area contributed by atoms with Crippen LogP contribution in [-0.2, 0) is 9.47 Å². The molecule has 0 rings (SSSR count). The minimum Gasteiger partial charge on any atom is -0.394 e. The van der Waals surface area contributed by atoms with Gasteiger partial charge in [-0.05, 0) is 11.8 Å². The molecule has 0 aromatic heterocycles. The fourth-order valence-corrected chi connectivity index (χ4v) is 1.23. The Morgan fingerprint density at radius 2 is 1.71 bits per heavy atom. The lowest BCUT2D eigenvalue weighted by Gasteiger charge is -2.27. The fraction of sp³-hybridized carbons (Fsp3) is 1.00. The summed E-state index contributed by atoms with van der Waals surface area (Å²) in [7, 11) is 1.46. The van der Waals surface area contributed by atoms with E-state index in [-0.39, 0.29) is 24.7 Å². The van der Waals surface area contributed by atoms with Crippen LogP contribution in [0.4, 0.5) is 0 Å². The Labute approximate surface area is 85.8 Å². The van der Waals surface area contributed by atoms with Crippen LogP contribution in [0.3, 0.4) is 0 Å². The number of hydrogen-bond acceptors (Lipinski definition) is 4. The van der Waals surface area contributed by atoms with Crippen molar-refractivity contribution >= 4 is 0 Å². The van der Waals surface area contributed by atoms with Gasteiger partial charge in [0, 0.05) is 7.11 Å². The molecule has 0 fully saturated rings. The number of aliphatic hydroxyl groups excluding tert-OH is 2. The molecule has 2 N–H and O–H groups in total. The zero-order chi connectivity index (χ0) is 11.2. The Kier molecular flexibility index (Phi) is 6.27. The molecule has 2 unspecified atom stereocenters. The van der Waals surface area contributed by atoms with Gasteiger partial charge in [0.1, 0.15) is 0 Å². The largest absolute Gasteiger partial charge is 0.394 e. The minimum atomic E-state index is -0.644. The highest BCUT2D eigenvalue weighted by Gasteiger charge is 2.21. The molecule has 0 aromatic carbocycles. The summed E-state index contributed by atoms with van der Waals surface area (Å²) in [6, 6.07) is 0. The summed E-state index contributed by atoms with van der Waals surface area (Å²) in [5.74, 6) is 0. The lowest BCUT2D eigenvalue weighted by molar-refractivity contribution is -0.187. The molecule has 2 atom stereocenters. The molecule has 0 amide bonds. The van der Waals surface area contributed by atoms with Gasteiger partial charge in [0.25, 0.3) is 0 Å². The van der Waals surface area contributed by atoms with E-state index in [2.05, 4.69) is 20.8 Å². The molecule has 0 aromatic rings. The molecule has 0 aliphatic carbocycles. The number of aliphatic hydroxyl groups is 2. The van der Waals surface area contributed by atoms with Crippen LogP contribution in [0, 0.1) is 5.41 Å². The molecule has 4 nitrogen and oxygen atoms in total. The first kappa shape index (κ1) is 13.8. The van der Waals surface area contributed by atoms with E-state index >= 15 is 0 Å². The second kappa shape index (κ2) is 6.35. The maximum atomic E-state index is 9.07. The molecule has 0 bridgehead atoms. The first-order valence-electron chi connectivity index (χ1n) is 4.83. The van der Waals surface area contributed by atoms with Crippen molar-refractivity contribution in [1.29, 1.82) is 0 Å². The SMILES string of the molecule is COC(CO)OC(CO)CC(C)(C)C. The third-order valence-corrected chi connectivity index (χ3v) is 1.80. The van der Waals surface area contributed by atoms with Gasteiger partial charge in [-0.15, -0.1) is 0 Å². The summed E-state index contributed by atoms with van der Waals surface area (Å²) in [6.07, 6.45) is -0.204. The van der Waals surface area contributed by atoms with Crippen LogP contribution >= 0.6 is 0 Å². The standard InChI is InChI=1S/C10H22O4/c1-10(2,3)5-8(6-11)14-9(7-12)13-4/h8-9,11-12H,5-7H2,1-4H3. The third kappa shape index (κ3) is 6.32. The second-order valence-electron chi connectivity index (χ2n) is 4.55. The van der Waals surface area contributed by atoms with Crippen LogP contribution in [0.5, 0.6) is 0 Å². The molecule has 0 heterocycles. The highest BCUT2D eigenvalue weighted by Crippen LogP contribution is 2.22. The van der Waals surface area contributed by atoms with E-state index in [4.69, 9.17) is 19.7 Å². The fourth-order valence-electron chi connectivity index (χ4n) is 1.23. The van der Waals surface area contributed by atoms with Crippen LogP contribution in [0.15, 0.2) is 0 Å². The molecule has 0 spiro atoms. The van der Waals surface area contributed by atoms with Gasteiger partial charge in [-0.1, -0.05) is 20.8 Å². The number of methoxy groups -OCH3 is 1. The number of hydrogen-bond donors (Lipinski definition) is 2. The maximum Gasteiger partial charge on any atom is 0.180 e. The van der Waals surface area contributed by atoms with E-state index in [1.807, 2.05) is 0 Å². The average molecular weight is 206 g/mol.